The number of amides is 4. The van der Waals surface area contributed by atoms with Gasteiger partial charge in [-0.3, -0.25) is 29.1 Å². The number of halogens is 4. The number of carbonyl (C=O) groups excluding carboxylic acids is 6. The van der Waals surface area contributed by atoms with Crippen LogP contribution in [-0.4, -0.2) is 95.0 Å². The topological polar surface area (TPSA) is 278 Å². The molecule has 8 aromatic rings. The van der Waals surface area contributed by atoms with Gasteiger partial charge in [0.1, 0.15) is 34.0 Å². The molecule has 0 aliphatic heterocycles. The van der Waals surface area contributed by atoms with Crippen LogP contribution < -0.4 is 59.9 Å². The first kappa shape index (κ1) is 69.1. The Morgan fingerprint density at radius 2 is 0.763 bits per heavy atom. The molecule has 2 aromatic heterocycles. The van der Waals surface area contributed by atoms with Crippen LogP contribution >= 0.6 is 0 Å². The molecule has 2 fully saturated rings. The summed E-state index contributed by atoms with van der Waals surface area (Å²) in [7, 11) is 0. The number of ether oxygens (including phenoxy) is 6. The molecule has 2 aliphatic carbocycles. The molecular formula is C68H64F4MgN6O14. The molecule has 0 spiro atoms. The zero-order valence-corrected chi connectivity index (χ0v) is 52.3. The molecule has 0 unspecified atom stereocenters. The van der Waals surface area contributed by atoms with Gasteiger partial charge in [-0.15, -0.1) is 0 Å². The Morgan fingerprint density at radius 1 is 0.419 bits per heavy atom. The number of anilines is 4. The van der Waals surface area contributed by atoms with Crippen LogP contribution in [0.1, 0.15) is 90.9 Å². The Balaban J connectivity index is 0.000000236. The first-order chi connectivity index (χ1) is 44.4. The minimum Gasteiger partial charge on any atom is -0.550 e. The van der Waals surface area contributed by atoms with Gasteiger partial charge in [0.05, 0.1) is 37.5 Å². The summed E-state index contributed by atoms with van der Waals surface area (Å²) in [6.07, 6.45) is 7.98. The molecule has 2 aliphatic rings. The molecule has 93 heavy (non-hydrogen) atoms. The normalized spacial score (nSPS) is 13.0. The average molecular weight is 1290 g/mol. The van der Waals surface area contributed by atoms with E-state index in [0.717, 1.165) is 12.1 Å². The Morgan fingerprint density at radius 3 is 1.10 bits per heavy atom. The van der Waals surface area contributed by atoms with E-state index in [1.54, 1.807) is 36.4 Å². The van der Waals surface area contributed by atoms with E-state index in [4.69, 9.17) is 28.4 Å². The number of carbonyl (C=O) groups is 6. The Bertz CT molecular complexity index is 3750. The molecule has 6 aromatic carbocycles. The van der Waals surface area contributed by atoms with Gasteiger partial charge in [0.25, 0.3) is 0 Å². The molecule has 4 amide bonds. The van der Waals surface area contributed by atoms with Crippen LogP contribution in [0.5, 0.6) is 46.0 Å². The Hall–Kier alpha value is -9.75. The summed E-state index contributed by atoms with van der Waals surface area (Å²) in [4.78, 5) is 81.7. The number of pyridine rings is 2. The SMILES string of the molecule is CCOc1cc2c(Oc3ccc(NC(=O)C4(C(=O)Nc5ccc(F)cc5)CC4)cc3F)ccnc2cc1OCCCCCC(=O)[O-].CCOc1cc2c(Oc3ccc(NC(=O)C4(C(=O)Nc5ccc(F)cc5)CC4)cc3F)ccnc2cc1OCCCCCC(=O)[O-].[Mg+2]. The van der Waals surface area contributed by atoms with Crippen molar-refractivity contribution in [2.45, 2.75) is 90.9 Å². The molecule has 0 radical (unpaired) electrons. The minimum atomic E-state index is -1.30. The number of benzene rings is 6. The number of aliphatic carboxylic acids is 2. The van der Waals surface area contributed by atoms with Crippen molar-refractivity contribution in [2.75, 3.05) is 47.7 Å². The zero-order chi connectivity index (χ0) is 65.4. The van der Waals surface area contributed by atoms with Gasteiger partial charge in [0.15, 0.2) is 46.1 Å². The van der Waals surface area contributed by atoms with Gasteiger partial charge in [-0.05, 0) is 188 Å². The molecular weight excluding hydrogens is 1230 g/mol. The number of nitrogens with one attached hydrogen (secondary N) is 4. The van der Waals surface area contributed by atoms with E-state index in [9.17, 15) is 47.8 Å². The van der Waals surface area contributed by atoms with Gasteiger partial charge in [0.2, 0.25) is 23.6 Å². The van der Waals surface area contributed by atoms with Crippen molar-refractivity contribution < 1.29 is 85.0 Å². The van der Waals surface area contributed by atoms with Crippen LogP contribution in [0.3, 0.4) is 0 Å². The second-order valence-electron chi connectivity index (χ2n) is 21.7. The summed E-state index contributed by atoms with van der Waals surface area (Å²) in [5.74, 6) is -4.48. The fraction of sp³-hybridized carbons (Fsp3) is 0.294. The number of hydrogen-bond donors (Lipinski definition) is 4. The van der Waals surface area contributed by atoms with Crippen LogP contribution in [0.2, 0.25) is 0 Å². The number of fused-ring (bicyclic) bond motifs is 2. The van der Waals surface area contributed by atoms with Gasteiger partial charge >= 0.3 is 23.1 Å². The predicted molar refractivity (Wildman–Crippen MR) is 333 cm³/mol. The van der Waals surface area contributed by atoms with Gasteiger partial charge in [-0.1, -0.05) is 0 Å². The quantitative estimate of drug-likeness (QED) is 0.0141. The summed E-state index contributed by atoms with van der Waals surface area (Å²) in [6, 6.07) is 28.3. The molecule has 0 atom stereocenters. The number of carboxylic acids is 2. The Labute approximate surface area is 547 Å². The van der Waals surface area contributed by atoms with Crippen LogP contribution in [-0.2, 0) is 28.8 Å². The van der Waals surface area contributed by atoms with E-state index in [1.165, 1.54) is 85.2 Å². The molecule has 20 nitrogen and oxygen atoms in total. The Kier molecular flexibility index (Phi) is 23.8. The monoisotopic (exact) mass is 1290 g/mol. The van der Waals surface area contributed by atoms with Crippen molar-refractivity contribution in [2.24, 2.45) is 10.8 Å². The fourth-order valence-corrected chi connectivity index (χ4v) is 9.65. The number of unbranched alkanes of at least 4 members (excludes halogenated alkanes) is 4. The summed E-state index contributed by atoms with van der Waals surface area (Å²) < 4.78 is 92.0. The number of nitrogens with zero attached hydrogens (tertiary/aromatic N) is 2. The first-order valence-corrected chi connectivity index (χ1v) is 29.8. The maximum atomic E-state index is 15.2. The summed E-state index contributed by atoms with van der Waals surface area (Å²) >= 11 is 0. The van der Waals surface area contributed by atoms with E-state index in [0.29, 0.717) is 158 Å². The molecule has 0 bridgehead atoms. The number of aromatic nitrogens is 2. The number of hydrogen-bond acceptors (Lipinski definition) is 16. The summed E-state index contributed by atoms with van der Waals surface area (Å²) in [5, 5.41) is 32.8. The first-order valence-electron chi connectivity index (χ1n) is 29.8. The van der Waals surface area contributed by atoms with Gasteiger partial charge in [0, 0.05) is 82.1 Å². The van der Waals surface area contributed by atoms with E-state index in [1.807, 2.05) is 13.8 Å². The van der Waals surface area contributed by atoms with Crippen LogP contribution in [0.4, 0.5) is 40.3 Å². The second-order valence-corrected chi connectivity index (χ2v) is 21.7. The van der Waals surface area contributed by atoms with Crippen LogP contribution in [0, 0.1) is 34.1 Å². The molecule has 10 rings (SSSR count). The van der Waals surface area contributed by atoms with Crippen LogP contribution in [0.25, 0.3) is 21.8 Å². The smallest absolute Gasteiger partial charge is 0.550 e. The number of carboxylic acid groups (broad SMARTS) is 2. The third-order valence-electron chi connectivity index (χ3n) is 15.0. The minimum absolute atomic E-state index is 0. The largest absolute Gasteiger partial charge is 2.00 e. The third-order valence-corrected chi connectivity index (χ3v) is 15.0. The molecule has 2 heterocycles. The van der Waals surface area contributed by atoms with E-state index < -0.39 is 69.7 Å². The van der Waals surface area contributed by atoms with E-state index >= 15 is 8.78 Å². The van der Waals surface area contributed by atoms with E-state index in [2.05, 4.69) is 31.2 Å². The van der Waals surface area contributed by atoms with Crippen LogP contribution in [0.15, 0.2) is 134 Å². The van der Waals surface area contributed by atoms with Gasteiger partial charge in [-0.25, -0.2) is 17.6 Å². The average Bonchev–Trinajstić information content (AvgIpc) is 1.66. The summed E-state index contributed by atoms with van der Waals surface area (Å²) in [5.41, 5.74) is -0.532. The molecule has 25 heteroatoms. The van der Waals surface area contributed by atoms with Crippen molar-refractivity contribution in [3.8, 4) is 46.0 Å². The predicted octanol–water partition coefficient (Wildman–Crippen LogP) is 11.1. The molecule has 480 valence electrons. The van der Waals surface area contributed by atoms with Crippen molar-refractivity contribution in [1.29, 1.82) is 0 Å². The van der Waals surface area contributed by atoms with Crippen molar-refractivity contribution in [1.82, 2.24) is 9.97 Å². The van der Waals surface area contributed by atoms with Crippen molar-refractivity contribution >= 4 is 103 Å². The van der Waals surface area contributed by atoms with Gasteiger partial charge < -0.3 is 69.5 Å². The van der Waals surface area contributed by atoms with Gasteiger partial charge in [-0.2, -0.15) is 0 Å². The maximum Gasteiger partial charge on any atom is 2.00 e. The molecule has 2 saturated carbocycles. The molecule has 4 N–H and O–H groups in total. The molecule has 0 saturated heterocycles. The third kappa shape index (κ3) is 18.3. The summed E-state index contributed by atoms with van der Waals surface area (Å²) in [6.45, 7) is 5.08. The van der Waals surface area contributed by atoms with Crippen molar-refractivity contribution in [3.05, 3.63) is 157 Å². The van der Waals surface area contributed by atoms with E-state index in [-0.39, 0.29) is 58.8 Å². The standard InChI is InChI=1S/2C34H33F2N3O7.Mg/c2*1-2-44-29-19-24-26(20-30(29)45-17-5-3-4-6-31(40)41)37-16-13-27(24)46-28-12-11-23(18-25(28)36)39-33(43)34(14-15-34)32(42)38-22-9-7-21(35)8-10-22;/h2*7-13,16,18-20H,2-6,14-15,17H2,1H3,(H,38,42)(H,39,43)(H,40,41);/q;;+2/p-2. The zero-order valence-electron chi connectivity index (χ0n) is 50.8. The van der Waals surface area contributed by atoms with Crippen molar-refractivity contribution in [3.63, 3.8) is 0 Å². The fourth-order valence-electron chi connectivity index (χ4n) is 9.65. The second kappa shape index (κ2) is 32.0. The number of rotatable bonds is 30. The maximum absolute atomic E-state index is 15.2.